The predicted octanol–water partition coefficient (Wildman–Crippen LogP) is 3.77. The molecule has 0 bridgehead atoms. The highest BCUT2D eigenvalue weighted by molar-refractivity contribution is 6.11. The summed E-state index contributed by atoms with van der Waals surface area (Å²) in [7, 11) is 0. The van der Waals surface area contributed by atoms with E-state index >= 15 is 0 Å². The van der Waals surface area contributed by atoms with Crippen LogP contribution in [0.25, 0.3) is 11.0 Å². The highest BCUT2D eigenvalue weighted by Crippen LogP contribution is 2.25. The normalized spacial score (nSPS) is 11.7. The molecule has 1 amide bonds. The molecule has 11 heteroatoms. The molecule has 170 valence electrons. The van der Waals surface area contributed by atoms with Crippen molar-refractivity contribution in [1.29, 1.82) is 0 Å². The fourth-order valence-electron chi connectivity index (χ4n) is 3.14. The van der Waals surface area contributed by atoms with Crippen molar-refractivity contribution < 1.29 is 22.7 Å². The van der Waals surface area contributed by atoms with Crippen molar-refractivity contribution in [3.05, 3.63) is 62.4 Å². The number of anilines is 1. The largest absolute Gasteiger partial charge is 0.573 e. The van der Waals surface area contributed by atoms with E-state index in [0.29, 0.717) is 18.7 Å². The number of pyridine rings is 1. The number of hydrogen-bond donors (Lipinski definition) is 2. The maximum absolute atomic E-state index is 13.0. The molecule has 0 unspecified atom stereocenters. The van der Waals surface area contributed by atoms with Crippen LogP contribution in [0.15, 0.2) is 39.9 Å². The Morgan fingerprint density at radius 3 is 2.44 bits per heavy atom. The van der Waals surface area contributed by atoms with Gasteiger partial charge >= 0.3 is 12.1 Å². The zero-order valence-electron chi connectivity index (χ0n) is 17.5. The maximum Gasteiger partial charge on any atom is 0.573 e. The molecule has 0 radical (unpaired) electrons. The van der Waals surface area contributed by atoms with E-state index in [1.54, 1.807) is 0 Å². The number of benzene rings is 1. The van der Waals surface area contributed by atoms with Gasteiger partial charge in [0.1, 0.15) is 5.75 Å². The van der Waals surface area contributed by atoms with E-state index in [-0.39, 0.29) is 28.2 Å². The van der Waals surface area contributed by atoms with Gasteiger partial charge in [-0.3, -0.25) is 19.1 Å². The lowest BCUT2D eigenvalue weighted by molar-refractivity contribution is -0.274. The molecule has 2 aromatic heterocycles. The minimum atomic E-state index is -4.83. The van der Waals surface area contributed by atoms with Gasteiger partial charge in [0.15, 0.2) is 5.65 Å². The lowest BCUT2D eigenvalue weighted by atomic mass is 10.0. The van der Waals surface area contributed by atoms with E-state index in [1.807, 2.05) is 20.8 Å². The summed E-state index contributed by atoms with van der Waals surface area (Å²) in [5, 5.41) is 2.51. The van der Waals surface area contributed by atoms with Gasteiger partial charge < -0.3 is 10.1 Å². The van der Waals surface area contributed by atoms with E-state index in [4.69, 9.17) is 0 Å². The van der Waals surface area contributed by atoms with E-state index in [2.05, 4.69) is 20.0 Å². The lowest BCUT2D eigenvalue weighted by Gasteiger charge is -2.15. The molecule has 32 heavy (non-hydrogen) atoms. The van der Waals surface area contributed by atoms with E-state index in [1.165, 1.54) is 22.8 Å². The Hall–Kier alpha value is -3.63. The van der Waals surface area contributed by atoms with Gasteiger partial charge in [0.2, 0.25) is 0 Å². The standard InChI is InChI=1S/C21H21F3N4O4/c1-4-9-28-17-16(19(30)27-20(28)31)14(10-15(26-17)11(2)3)18(29)25-12-5-7-13(8-6-12)32-21(22,23)24/h5-8,10-11H,4,9H2,1-3H3,(H,25,29)(H,27,30,31). The predicted molar refractivity (Wildman–Crippen MR) is 112 cm³/mol. The average molecular weight is 450 g/mol. The van der Waals surface area contributed by atoms with Crippen molar-refractivity contribution in [2.75, 3.05) is 5.32 Å². The van der Waals surface area contributed by atoms with E-state index < -0.39 is 29.3 Å². The van der Waals surface area contributed by atoms with Crippen LogP contribution in [-0.4, -0.2) is 26.8 Å². The van der Waals surface area contributed by atoms with Gasteiger partial charge in [-0.2, -0.15) is 0 Å². The Balaban J connectivity index is 2.07. The second-order valence-corrected chi connectivity index (χ2v) is 7.39. The first-order valence-electron chi connectivity index (χ1n) is 9.85. The summed E-state index contributed by atoms with van der Waals surface area (Å²) in [5.41, 5.74) is -0.569. The molecule has 0 fully saturated rings. The monoisotopic (exact) mass is 450 g/mol. The second-order valence-electron chi connectivity index (χ2n) is 7.39. The highest BCUT2D eigenvalue weighted by atomic mass is 19.4. The zero-order valence-corrected chi connectivity index (χ0v) is 17.5. The number of aryl methyl sites for hydroxylation is 1. The number of nitrogens with one attached hydrogen (secondary N) is 2. The van der Waals surface area contributed by atoms with Crippen LogP contribution in [0.4, 0.5) is 18.9 Å². The van der Waals surface area contributed by atoms with Crippen LogP contribution in [0.3, 0.4) is 0 Å². The molecule has 3 aromatic rings. The number of alkyl halides is 3. The second kappa shape index (κ2) is 8.85. The number of aromatic nitrogens is 3. The summed E-state index contributed by atoms with van der Waals surface area (Å²) in [4.78, 5) is 44.6. The Labute approximate surface area is 180 Å². The number of fused-ring (bicyclic) bond motifs is 1. The molecule has 1 aromatic carbocycles. The van der Waals surface area contributed by atoms with Crippen molar-refractivity contribution in [2.45, 2.75) is 46.0 Å². The third-order valence-electron chi connectivity index (χ3n) is 4.60. The number of H-pyrrole nitrogens is 1. The molecule has 8 nitrogen and oxygen atoms in total. The fourth-order valence-corrected chi connectivity index (χ4v) is 3.14. The van der Waals surface area contributed by atoms with Crippen molar-refractivity contribution in [3.8, 4) is 5.75 Å². The molecule has 0 atom stereocenters. The molecular formula is C21H21F3N4O4. The van der Waals surface area contributed by atoms with Crippen LogP contribution >= 0.6 is 0 Å². The average Bonchev–Trinajstić information content (AvgIpc) is 2.70. The minimum absolute atomic E-state index is 0.000390. The molecule has 0 spiro atoms. The van der Waals surface area contributed by atoms with Crippen molar-refractivity contribution in [2.24, 2.45) is 0 Å². The number of aromatic amines is 1. The first-order valence-corrected chi connectivity index (χ1v) is 9.85. The van der Waals surface area contributed by atoms with Crippen molar-refractivity contribution in [1.82, 2.24) is 14.5 Å². The molecule has 0 saturated heterocycles. The van der Waals surface area contributed by atoms with Crippen LogP contribution in [0.1, 0.15) is 49.2 Å². The lowest BCUT2D eigenvalue weighted by Crippen LogP contribution is -2.32. The quantitative estimate of drug-likeness (QED) is 0.595. The molecule has 0 aliphatic heterocycles. The number of halogens is 3. The Kier molecular flexibility index (Phi) is 6.37. The van der Waals surface area contributed by atoms with Gasteiger partial charge in [0.25, 0.3) is 11.5 Å². The first kappa shape index (κ1) is 23.0. The van der Waals surface area contributed by atoms with E-state index in [9.17, 15) is 27.6 Å². The number of carbonyl (C=O) groups is 1. The van der Waals surface area contributed by atoms with Crippen LogP contribution in [-0.2, 0) is 6.54 Å². The van der Waals surface area contributed by atoms with Crippen LogP contribution in [0.2, 0.25) is 0 Å². The SMILES string of the molecule is CCCn1c(=O)[nH]c(=O)c2c(C(=O)Nc3ccc(OC(F)(F)F)cc3)cc(C(C)C)nc21. The molecular weight excluding hydrogens is 429 g/mol. The zero-order chi connectivity index (χ0) is 23.6. The van der Waals surface area contributed by atoms with Gasteiger partial charge in [-0.05, 0) is 42.7 Å². The minimum Gasteiger partial charge on any atom is -0.406 e. The topological polar surface area (TPSA) is 106 Å². The summed E-state index contributed by atoms with van der Waals surface area (Å²) >= 11 is 0. The smallest absolute Gasteiger partial charge is 0.406 e. The number of rotatable bonds is 6. The number of amides is 1. The summed E-state index contributed by atoms with van der Waals surface area (Å²) in [6.07, 6.45) is -4.23. The summed E-state index contributed by atoms with van der Waals surface area (Å²) in [6, 6.07) is 6.06. The molecule has 0 aliphatic rings. The van der Waals surface area contributed by atoms with Gasteiger partial charge in [0.05, 0.1) is 10.9 Å². The fraction of sp³-hybridized carbons (Fsp3) is 0.333. The van der Waals surface area contributed by atoms with Crippen LogP contribution in [0, 0.1) is 0 Å². The number of nitrogens with zero attached hydrogens (tertiary/aromatic N) is 2. The summed E-state index contributed by atoms with van der Waals surface area (Å²) in [6.45, 7) is 5.85. The molecule has 3 rings (SSSR count). The number of hydrogen-bond acceptors (Lipinski definition) is 5. The van der Waals surface area contributed by atoms with Crippen LogP contribution < -0.4 is 21.3 Å². The molecule has 0 saturated carbocycles. The van der Waals surface area contributed by atoms with Gasteiger partial charge in [-0.1, -0.05) is 20.8 Å². The third-order valence-corrected chi connectivity index (χ3v) is 4.60. The molecule has 2 heterocycles. The van der Waals surface area contributed by atoms with Gasteiger partial charge in [0, 0.05) is 17.9 Å². The Bertz CT molecular complexity index is 1260. The number of ether oxygens (including phenoxy) is 1. The summed E-state index contributed by atoms with van der Waals surface area (Å²) < 4.78 is 42.1. The van der Waals surface area contributed by atoms with Gasteiger partial charge in [-0.25, -0.2) is 9.78 Å². The summed E-state index contributed by atoms with van der Waals surface area (Å²) in [5.74, 6) is -1.21. The third kappa shape index (κ3) is 4.98. The molecule has 0 aliphatic carbocycles. The number of carbonyl (C=O) groups excluding carboxylic acids is 1. The van der Waals surface area contributed by atoms with Crippen molar-refractivity contribution in [3.63, 3.8) is 0 Å². The Morgan fingerprint density at radius 1 is 1.22 bits per heavy atom. The molecule has 2 N–H and O–H groups in total. The van der Waals surface area contributed by atoms with Crippen molar-refractivity contribution >= 4 is 22.6 Å². The van der Waals surface area contributed by atoms with E-state index in [0.717, 1.165) is 12.1 Å². The first-order chi connectivity index (χ1) is 15.0. The van der Waals surface area contributed by atoms with Crippen LogP contribution in [0.5, 0.6) is 5.75 Å². The Morgan fingerprint density at radius 2 is 1.88 bits per heavy atom. The van der Waals surface area contributed by atoms with Gasteiger partial charge in [-0.15, -0.1) is 13.2 Å². The maximum atomic E-state index is 13.0. The highest BCUT2D eigenvalue weighted by Gasteiger charge is 2.31.